The maximum absolute atomic E-state index is 12.5. The van der Waals surface area contributed by atoms with Crippen molar-refractivity contribution in [3.63, 3.8) is 0 Å². The second-order valence-electron chi connectivity index (χ2n) is 6.14. The molecule has 7 heteroatoms. The van der Waals surface area contributed by atoms with E-state index in [0.29, 0.717) is 16.9 Å². The predicted octanol–water partition coefficient (Wildman–Crippen LogP) is 3.32. The average molecular weight is 347 g/mol. The van der Waals surface area contributed by atoms with Gasteiger partial charge < -0.3 is 14.4 Å². The van der Waals surface area contributed by atoms with E-state index in [9.17, 15) is 9.90 Å². The number of phenolic OH excluding ortho intramolecular Hbond substituents is 1. The van der Waals surface area contributed by atoms with Crippen molar-refractivity contribution in [2.24, 2.45) is 0 Å². The van der Waals surface area contributed by atoms with Gasteiger partial charge in [0.1, 0.15) is 5.75 Å². The van der Waals surface area contributed by atoms with Crippen molar-refractivity contribution in [1.82, 2.24) is 15.1 Å². The van der Waals surface area contributed by atoms with E-state index in [2.05, 4.69) is 24.0 Å². The fraction of sp³-hybridized carbons (Fsp3) is 0.471. The van der Waals surface area contributed by atoms with Gasteiger partial charge in [-0.3, -0.25) is 4.79 Å². The first kappa shape index (κ1) is 16.8. The van der Waals surface area contributed by atoms with E-state index in [1.807, 2.05) is 4.90 Å². The van der Waals surface area contributed by atoms with E-state index in [1.54, 1.807) is 24.3 Å². The molecule has 1 fully saturated rings. The van der Waals surface area contributed by atoms with Crippen molar-refractivity contribution in [2.45, 2.75) is 50.4 Å². The Kier molecular flexibility index (Phi) is 5.08. The highest BCUT2D eigenvalue weighted by Crippen LogP contribution is 2.27. The first-order chi connectivity index (χ1) is 11.5. The summed E-state index contributed by atoms with van der Waals surface area (Å²) in [6.07, 6.45) is 3.30. The molecule has 0 bridgehead atoms. The van der Waals surface area contributed by atoms with E-state index in [4.69, 9.17) is 4.42 Å². The molecule has 1 saturated heterocycles. The number of carbonyl (C=O) groups is 1. The molecule has 1 aromatic carbocycles. The van der Waals surface area contributed by atoms with E-state index < -0.39 is 0 Å². The number of benzene rings is 1. The van der Waals surface area contributed by atoms with Gasteiger partial charge >= 0.3 is 0 Å². The smallest absolute Gasteiger partial charge is 0.277 e. The maximum Gasteiger partial charge on any atom is 0.277 e. The zero-order valence-corrected chi connectivity index (χ0v) is 14.6. The molecule has 6 nitrogen and oxygen atoms in total. The number of phenols is 1. The van der Waals surface area contributed by atoms with Crippen molar-refractivity contribution < 1.29 is 14.3 Å². The standard InChI is InChI=1S/C17H21N3O3S/c1-11-4-3-5-12(2)20(11)15(22)10-24-17-19-18-16(23-17)13-6-8-14(21)9-7-13/h6-9,11-12,21H,3-5,10H2,1-2H3. The quantitative estimate of drug-likeness (QED) is 0.855. The number of hydrogen-bond acceptors (Lipinski definition) is 6. The molecule has 2 atom stereocenters. The van der Waals surface area contributed by atoms with Gasteiger partial charge in [0, 0.05) is 17.6 Å². The molecule has 2 heterocycles. The van der Waals surface area contributed by atoms with E-state index >= 15 is 0 Å². The van der Waals surface area contributed by atoms with Crippen molar-refractivity contribution in [2.75, 3.05) is 5.75 Å². The van der Waals surface area contributed by atoms with Crippen LogP contribution in [0, 0.1) is 0 Å². The monoisotopic (exact) mass is 347 g/mol. The fourth-order valence-corrected chi connectivity index (χ4v) is 3.73. The van der Waals surface area contributed by atoms with Gasteiger partial charge in [-0.1, -0.05) is 11.8 Å². The van der Waals surface area contributed by atoms with Gasteiger partial charge in [-0.2, -0.15) is 0 Å². The lowest BCUT2D eigenvalue weighted by molar-refractivity contribution is -0.134. The highest BCUT2D eigenvalue weighted by Gasteiger charge is 2.29. The van der Waals surface area contributed by atoms with Gasteiger partial charge in [0.25, 0.3) is 5.22 Å². The third-order valence-electron chi connectivity index (χ3n) is 4.32. The van der Waals surface area contributed by atoms with Crippen LogP contribution in [0.1, 0.15) is 33.1 Å². The molecule has 128 valence electrons. The SMILES string of the molecule is CC1CCCC(C)N1C(=O)CSc1nnc(-c2ccc(O)cc2)o1. The van der Waals surface area contributed by atoms with Gasteiger partial charge in [0.15, 0.2) is 0 Å². The summed E-state index contributed by atoms with van der Waals surface area (Å²) in [5, 5.41) is 17.7. The summed E-state index contributed by atoms with van der Waals surface area (Å²) in [7, 11) is 0. The number of aromatic nitrogens is 2. The Morgan fingerprint density at radius 1 is 1.25 bits per heavy atom. The van der Waals surface area contributed by atoms with Crippen LogP contribution in [0.5, 0.6) is 5.75 Å². The number of amides is 1. The molecular weight excluding hydrogens is 326 g/mol. The van der Waals surface area contributed by atoms with Crippen LogP contribution >= 0.6 is 11.8 Å². The maximum atomic E-state index is 12.5. The zero-order valence-electron chi connectivity index (χ0n) is 13.8. The topological polar surface area (TPSA) is 79.5 Å². The molecule has 1 N–H and O–H groups in total. The minimum atomic E-state index is 0.115. The van der Waals surface area contributed by atoms with Gasteiger partial charge in [-0.05, 0) is 57.4 Å². The van der Waals surface area contributed by atoms with Gasteiger partial charge in [-0.15, -0.1) is 10.2 Å². The number of likely N-dealkylation sites (tertiary alicyclic amines) is 1. The molecule has 0 saturated carbocycles. The van der Waals surface area contributed by atoms with Crippen molar-refractivity contribution in [3.8, 4) is 17.2 Å². The Balaban J connectivity index is 1.61. The predicted molar refractivity (Wildman–Crippen MR) is 91.7 cm³/mol. The van der Waals surface area contributed by atoms with Crippen LogP contribution in [0.4, 0.5) is 0 Å². The summed E-state index contributed by atoms with van der Waals surface area (Å²) < 4.78 is 5.59. The Morgan fingerprint density at radius 2 is 1.92 bits per heavy atom. The first-order valence-electron chi connectivity index (χ1n) is 8.11. The van der Waals surface area contributed by atoms with Crippen LogP contribution in [0.15, 0.2) is 33.9 Å². The van der Waals surface area contributed by atoms with Crippen molar-refractivity contribution in [3.05, 3.63) is 24.3 Å². The summed E-state index contributed by atoms with van der Waals surface area (Å²) in [4.78, 5) is 14.5. The second-order valence-corrected chi connectivity index (χ2v) is 7.07. The molecule has 1 amide bonds. The molecule has 0 aliphatic carbocycles. The lowest BCUT2D eigenvalue weighted by atomic mass is 9.98. The van der Waals surface area contributed by atoms with E-state index in [1.165, 1.54) is 18.2 Å². The van der Waals surface area contributed by atoms with Gasteiger partial charge in [0.2, 0.25) is 11.8 Å². The average Bonchev–Trinajstić information content (AvgIpc) is 3.02. The number of thioether (sulfide) groups is 1. The first-order valence-corrected chi connectivity index (χ1v) is 9.10. The molecule has 0 radical (unpaired) electrons. The number of hydrogen-bond donors (Lipinski definition) is 1. The lowest BCUT2D eigenvalue weighted by Gasteiger charge is -2.39. The Morgan fingerprint density at radius 3 is 2.58 bits per heavy atom. The van der Waals surface area contributed by atoms with Crippen LogP contribution in [-0.2, 0) is 4.79 Å². The van der Waals surface area contributed by atoms with Crippen LogP contribution in [0.3, 0.4) is 0 Å². The second kappa shape index (κ2) is 7.25. The summed E-state index contributed by atoms with van der Waals surface area (Å²) >= 11 is 1.26. The van der Waals surface area contributed by atoms with E-state index in [0.717, 1.165) is 18.4 Å². The molecule has 0 spiro atoms. The molecule has 1 aromatic heterocycles. The van der Waals surface area contributed by atoms with Crippen LogP contribution in [0.25, 0.3) is 11.5 Å². The van der Waals surface area contributed by atoms with Crippen LogP contribution in [0.2, 0.25) is 0 Å². The lowest BCUT2D eigenvalue weighted by Crippen LogP contribution is -2.48. The van der Waals surface area contributed by atoms with Gasteiger partial charge in [0.05, 0.1) is 5.75 Å². The molecule has 2 unspecified atom stereocenters. The minimum absolute atomic E-state index is 0.115. The molecule has 1 aliphatic heterocycles. The fourth-order valence-electron chi connectivity index (χ4n) is 3.10. The molecular formula is C17H21N3O3S. The highest BCUT2D eigenvalue weighted by molar-refractivity contribution is 7.99. The van der Waals surface area contributed by atoms with E-state index in [-0.39, 0.29) is 23.7 Å². The Bertz CT molecular complexity index is 691. The highest BCUT2D eigenvalue weighted by atomic mass is 32.2. The van der Waals surface area contributed by atoms with Gasteiger partial charge in [-0.25, -0.2) is 0 Å². The Hall–Kier alpha value is -2.02. The third kappa shape index (κ3) is 3.72. The summed E-state index contributed by atoms with van der Waals surface area (Å²) in [6.45, 7) is 4.21. The summed E-state index contributed by atoms with van der Waals surface area (Å²) in [6, 6.07) is 7.12. The number of rotatable bonds is 4. The van der Waals surface area contributed by atoms with Crippen molar-refractivity contribution in [1.29, 1.82) is 0 Å². The Labute approximate surface area is 145 Å². The molecule has 3 rings (SSSR count). The van der Waals surface area contributed by atoms with Crippen molar-refractivity contribution >= 4 is 17.7 Å². The molecule has 2 aromatic rings. The summed E-state index contributed by atoms with van der Waals surface area (Å²) in [5.74, 6) is 0.975. The number of carbonyl (C=O) groups excluding carboxylic acids is 1. The number of nitrogens with zero attached hydrogens (tertiary/aromatic N) is 3. The minimum Gasteiger partial charge on any atom is -0.508 e. The summed E-state index contributed by atoms with van der Waals surface area (Å²) in [5.41, 5.74) is 0.733. The van der Waals surface area contributed by atoms with Crippen LogP contribution in [-0.4, -0.2) is 43.9 Å². The molecule has 24 heavy (non-hydrogen) atoms. The third-order valence-corrected chi connectivity index (χ3v) is 5.12. The zero-order chi connectivity index (χ0) is 17.1. The largest absolute Gasteiger partial charge is 0.508 e. The number of aromatic hydroxyl groups is 1. The van der Waals surface area contributed by atoms with Crippen LogP contribution < -0.4 is 0 Å². The normalized spacial score (nSPS) is 21.0. The molecule has 1 aliphatic rings. The number of piperidine rings is 1.